The van der Waals surface area contributed by atoms with Crippen molar-refractivity contribution in [3.63, 3.8) is 0 Å². The molecule has 5 amide bonds. The van der Waals surface area contributed by atoms with E-state index in [-0.39, 0.29) is 18.9 Å². The lowest BCUT2D eigenvalue weighted by molar-refractivity contribution is -0.144. The monoisotopic (exact) mass is 541 g/mol. The molecule has 216 valence electrons. The Bertz CT molecular complexity index is 852. The van der Waals surface area contributed by atoms with E-state index in [1.807, 2.05) is 13.8 Å². The summed E-state index contributed by atoms with van der Waals surface area (Å²) in [5.74, 6) is -3.80. The van der Waals surface area contributed by atoms with Crippen LogP contribution < -0.4 is 32.7 Å². The molecule has 0 saturated carbocycles. The van der Waals surface area contributed by atoms with Crippen LogP contribution in [0.25, 0.3) is 0 Å². The summed E-state index contributed by atoms with van der Waals surface area (Å²) in [6.45, 7) is 5.24. The van der Waals surface area contributed by atoms with Gasteiger partial charge in [0.2, 0.25) is 29.5 Å². The molecule has 1 saturated heterocycles. The second-order valence-electron chi connectivity index (χ2n) is 9.83. The summed E-state index contributed by atoms with van der Waals surface area (Å²) in [5, 5.41) is 19.4. The van der Waals surface area contributed by atoms with Crippen molar-refractivity contribution in [3.05, 3.63) is 0 Å². The summed E-state index contributed by atoms with van der Waals surface area (Å²) < 4.78 is 0. The number of nitrogens with zero attached hydrogens (tertiary/aromatic N) is 1. The Morgan fingerprint density at radius 3 is 2.21 bits per heavy atom. The third-order valence-corrected chi connectivity index (χ3v) is 6.15. The predicted molar refractivity (Wildman–Crippen MR) is 138 cm³/mol. The van der Waals surface area contributed by atoms with E-state index in [9.17, 15) is 33.9 Å². The first-order valence-electron chi connectivity index (χ1n) is 13.0. The number of carboxylic acids is 1. The number of aliphatic carboxylic acids is 1. The van der Waals surface area contributed by atoms with Crippen LogP contribution in [0.5, 0.6) is 0 Å². The van der Waals surface area contributed by atoms with Crippen LogP contribution in [0.2, 0.25) is 0 Å². The first kappa shape index (κ1) is 32.8. The minimum Gasteiger partial charge on any atom is -0.480 e. The molecule has 0 spiro atoms. The smallest absolute Gasteiger partial charge is 0.326 e. The summed E-state index contributed by atoms with van der Waals surface area (Å²) >= 11 is 0. The molecule has 14 nitrogen and oxygen atoms in total. The lowest BCUT2D eigenvalue weighted by atomic mass is 10.0. The molecule has 1 rings (SSSR count). The highest BCUT2D eigenvalue weighted by molar-refractivity contribution is 5.95. The minimum absolute atomic E-state index is 0.0907. The van der Waals surface area contributed by atoms with Gasteiger partial charge in [0.15, 0.2) is 0 Å². The fourth-order valence-electron chi connectivity index (χ4n) is 4.11. The van der Waals surface area contributed by atoms with Gasteiger partial charge in [0.05, 0.1) is 13.1 Å². The van der Waals surface area contributed by atoms with Crippen LogP contribution >= 0.6 is 0 Å². The predicted octanol–water partition coefficient (Wildman–Crippen LogP) is -2.21. The van der Waals surface area contributed by atoms with Gasteiger partial charge >= 0.3 is 5.97 Å². The summed E-state index contributed by atoms with van der Waals surface area (Å²) in [5.41, 5.74) is 10.8. The third-order valence-electron chi connectivity index (χ3n) is 6.15. The highest BCUT2D eigenvalue weighted by Gasteiger charge is 2.36. The number of likely N-dealkylation sites (tertiary alicyclic amines) is 1. The molecular formula is C24H43N7O7. The topological polar surface area (TPSA) is 226 Å². The van der Waals surface area contributed by atoms with Crippen LogP contribution in [-0.4, -0.2) is 95.9 Å². The highest BCUT2D eigenvalue weighted by atomic mass is 16.4. The van der Waals surface area contributed by atoms with Crippen LogP contribution in [0.15, 0.2) is 0 Å². The molecule has 38 heavy (non-hydrogen) atoms. The summed E-state index contributed by atoms with van der Waals surface area (Å²) in [6, 6.07) is -3.78. The van der Waals surface area contributed by atoms with E-state index in [1.165, 1.54) is 11.8 Å². The standard InChI is InChI=1S/C24H43N7O7/c1-14(2)11-17(29-19(32)12-26)22(35)28-15(3)21(34)27-13-20(33)31-10-6-8-18(31)23(36)30-16(24(37)38)7-4-5-9-25/h14-18H,4-13,25-26H2,1-3H3,(H,27,34)(H,28,35)(H,29,32)(H,30,36)(H,37,38)/t15-,16-,17-,18-/m0/s1. The molecule has 9 N–H and O–H groups in total. The first-order valence-corrected chi connectivity index (χ1v) is 13.0. The van der Waals surface area contributed by atoms with Gasteiger partial charge in [0.25, 0.3) is 0 Å². The number of hydrogen-bond donors (Lipinski definition) is 7. The van der Waals surface area contributed by atoms with Crippen molar-refractivity contribution in [2.24, 2.45) is 17.4 Å². The van der Waals surface area contributed by atoms with Crippen molar-refractivity contribution in [3.8, 4) is 0 Å². The second kappa shape index (κ2) is 16.6. The fourth-order valence-corrected chi connectivity index (χ4v) is 4.11. The van der Waals surface area contributed by atoms with Gasteiger partial charge < -0.3 is 42.7 Å². The van der Waals surface area contributed by atoms with E-state index in [2.05, 4.69) is 21.3 Å². The van der Waals surface area contributed by atoms with Gasteiger partial charge in [0, 0.05) is 6.54 Å². The molecule has 0 aliphatic carbocycles. The van der Waals surface area contributed by atoms with E-state index in [0.29, 0.717) is 45.2 Å². The van der Waals surface area contributed by atoms with Gasteiger partial charge in [-0.3, -0.25) is 24.0 Å². The molecule has 0 aromatic carbocycles. The van der Waals surface area contributed by atoms with E-state index in [1.54, 1.807) is 0 Å². The number of nitrogens with two attached hydrogens (primary N) is 2. The molecule has 1 aliphatic rings. The van der Waals surface area contributed by atoms with Crippen LogP contribution in [-0.2, 0) is 28.8 Å². The zero-order valence-corrected chi connectivity index (χ0v) is 22.5. The zero-order valence-electron chi connectivity index (χ0n) is 22.5. The number of unbranched alkanes of at least 4 members (excludes halogenated alkanes) is 1. The Morgan fingerprint density at radius 1 is 0.947 bits per heavy atom. The Hall–Kier alpha value is -3.26. The SMILES string of the molecule is CC(C)C[C@H](NC(=O)CN)C(=O)N[C@@H](C)C(=O)NCC(=O)N1CCC[C@H]1C(=O)N[C@@H](CCCCN)C(=O)O. The van der Waals surface area contributed by atoms with Crippen LogP contribution in [0.4, 0.5) is 0 Å². The minimum atomic E-state index is -1.16. The third kappa shape index (κ3) is 11.0. The molecule has 1 fully saturated rings. The van der Waals surface area contributed by atoms with Gasteiger partial charge in [0.1, 0.15) is 24.2 Å². The van der Waals surface area contributed by atoms with E-state index in [0.717, 1.165) is 0 Å². The molecular weight excluding hydrogens is 498 g/mol. The molecule has 1 heterocycles. The molecule has 1 aliphatic heterocycles. The summed E-state index contributed by atoms with van der Waals surface area (Å²) in [6.07, 6.45) is 2.68. The van der Waals surface area contributed by atoms with Crippen LogP contribution in [0, 0.1) is 5.92 Å². The number of hydrogen-bond acceptors (Lipinski definition) is 8. The quantitative estimate of drug-likeness (QED) is 0.105. The number of rotatable bonds is 16. The molecule has 0 aromatic rings. The first-order chi connectivity index (χ1) is 17.9. The Morgan fingerprint density at radius 2 is 1.63 bits per heavy atom. The van der Waals surface area contributed by atoms with Crippen molar-refractivity contribution in [1.82, 2.24) is 26.2 Å². The zero-order chi connectivity index (χ0) is 28.8. The van der Waals surface area contributed by atoms with Gasteiger partial charge in [-0.05, 0) is 57.9 Å². The van der Waals surface area contributed by atoms with E-state index in [4.69, 9.17) is 11.5 Å². The highest BCUT2D eigenvalue weighted by Crippen LogP contribution is 2.18. The molecule has 0 radical (unpaired) electrons. The summed E-state index contributed by atoms with van der Waals surface area (Å²) in [4.78, 5) is 75.2. The Labute approximate surface area is 223 Å². The number of carbonyl (C=O) groups excluding carboxylic acids is 5. The average molecular weight is 542 g/mol. The Balaban J connectivity index is 2.65. The number of amides is 5. The van der Waals surface area contributed by atoms with Crippen molar-refractivity contribution in [1.29, 1.82) is 0 Å². The molecule has 0 aromatic heterocycles. The molecule has 4 atom stereocenters. The maximum Gasteiger partial charge on any atom is 0.326 e. The molecule has 14 heteroatoms. The molecule has 0 unspecified atom stereocenters. The van der Waals surface area contributed by atoms with Crippen molar-refractivity contribution in [2.75, 3.05) is 26.2 Å². The number of carboxylic acid groups (broad SMARTS) is 1. The maximum atomic E-state index is 12.8. The van der Waals surface area contributed by atoms with Crippen LogP contribution in [0.1, 0.15) is 59.3 Å². The van der Waals surface area contributed by atoms with Gasteiger partial charge in [-0.15, -0.1) is 0 Å². The second-order valence-corrected chi connectivity index (χ2v) is 9.83. The van der Waals surface area contributed by atoms with Crippen molar-refractivity contribution < 1.29 is 33.9 Å². The average Bonchev–Trinajstić information content (AvgIpc) is 3.35. The molecule has 0 bridgehead atoms. The van der Waals surface area contributed by atoms with Crippen LogP contribution in [0.3, 0.4) is 0 Å². The van der Waals surface area contributed by atoms with Crippen molar-refractivity contribution in [2.45, 2.75) is 83.5 Å². The maximum absolute atomic E-state index is 12.8. The van der Waals surface area contributed by atoms with Gasteiger partial charge in [-0.2, -0.15) is 0 Å². The number of carbonyl (C=O) groups is 6. The lowest BCUT2D eigenvalue weighted by Crippen LogP contribution is -2.55. The van der Waals surface area contributed by atoms with Crippen molar-refractivity contribution >= 4 is 35.5 Å². The largest absolute Gasteiger partial charge is 0.480 e. The lowest BCUT2D eigenvalue weighted by Gasteiger charge is -2.26. The van der Waals surface area contributed by atoms with E-state index >= 15 is 0 Å². The fraction of sp³-hybridized carbons (Fsp3) is 0.750. The normalized spacial score (nSPS) is 17.3. The Kier molecular flexibility index (Phi) is 14.3. The van der Waals surface area contributed by atoms with Gasteiger partial charge in [-0.25, -0.2) is 4.79 Å². The summed E-state index contributed by atoms with van der Waals surface area (Å²) in [7, 11) is 0. The van der Waals surface area contributed by atoms with E-state index < -0.39 is 66.2 Å². The number of nitrogens with one attached hydrogen (secondary N) is 4. The van der Waals surface area contributed by atoms with Gasteiger partial charge in [-0.1, -0.05) is 13.8 Å².